The minimum absolute atomic E-state index is 0.0225. The quantitative estimate of drug-likeness (QED) is 0.727. The maximum Gasteiger partial charge on any atom is 0.127 e. The van der Waals surface area contributed by atoms with Gasteiger partial charge in [0.2, 0.25) is 0 Å². The van der Waals surface area contributed by atoms with Gasteiger partial charge in [0.05, 0.1) is 32.0 Å². The van der Waals surface area contributed by atoms with Crippen molar-refractivity contribution < 1.29 is 29.5 Å². The van der Waals surface area contributed by atoms with E-state index in [1.807, 2.05) is 0 Å². The molecule has 0 aliphatic carbocycles. The molecule has 6 nitrogen and oxygen atoms in total. The molecule has 2 heterocycles. The van der Waals surface area contributed by atoms with E-state index in [0.717, 1.165) is 26.4 Å². The second kappa shape index (κ2) is 7.53. The fraction of sp³-hybridized carbons (Fsp3) is 0.333. The van der Waals surface area contributed by atoms with Crippen molar-refractivity contribution in [2.24, 2.45) is 0 Å². The lowest BCUT2D eigenvalue weighted by Gasteiger charge is -2.08. The fourth-order valence-electron chi connectivity index (χ4n) is 2.15. The molecule has 4 rings (SSSR count). The summed E-state index contributed by atoms with van der Waals surface area (Å²) in [5.41, 5.74) is 0.656. The highest BCUT2D eigenvalue weighted by atomic mass is 16.6. The summed E-state index contributed by atoms with van der Waals surface area (Å²) < 4.78 is 15.1. The standard InChI is InChI=1S/C12H10O3.C6H10O3/c13-9-5-2-1-4-8(9)12-10(14)6-3-7-11(12)15;1(5-3-8-5)7-2-6-4-9-6/h1-7,13-15H;5-6H,1-4H2. The molecule has 2 aliphatic rings. The van der Waals surface area contributed by atoms with Gasteiger partial charge in [0.25, 0.3) is 0 Å². The van der Waals surface area contributed by atoms with Crippen LogP contribution in [0.25, 0.3) is 11.1 Å². The smallest absolute Gasteiger partial charge is 0.127 e. The van der Waals surface area contributed by atoms with E-state index < -0.39 is 0 Å². The van der Waals surface area contributed by atoms with Gasteiger partial charge in [-0.15, -0.1) is 0 Å². The summed E-state index contributed by atoms with van der Waals surface area (Å²) in [6, 6.07) is 11.0. The van der Waals surface area contributed by atoms with E-state index >= 15 is 0 Å². The van der Waals surface area contributed by atoms with Gasteiger partial charge >= 0.3 is 0 Å². The summed E-state index contributed by atoms with van der Waals surface area (Å²) in [7, 11) is 0. The van der Waals surface area contributed by atoms with Crippen molar-refractivity contribution in [1.29, 1.82) is 0 Å². The molecule has 128 valence electrons. The molecule has 0 spiro atoms. The Labute approximate surface area is 139 Å². The molecule has 6 heteroatoms. The van der Waals surface area contributed by atoms with E-state index in [0.29, 0.717) is 17.8 Å². The van der Waals surface area contributed by atoms with Crippen molar-refractivity contribution in [1.82, 2.24) is 0 Å². The van der Waals surface area contributed by atoms with Gasteiger partial charge in [-0.05, 0) is 18.2 Å². The number of para-hydroxylation sites is 1. The van der Waals surface area contributed by atoms with Crippen LogP contribution in [0, 0.1) is 0 Å². The predicted molar refractivity (Wildman–Crippen MR) is 87.2 cm³/mol. The van der Waals surface area contributed by atoms with Crippen LogP contribution in [0.3, 0.4) is 0 Å². The van der Waals surface area contributed by atoms with Gasteiger partial charge in [0, 0.05) is 5.56 Å². The average Bonchev–Trinajstić information content (AvgIpc) is 3.44. The molecule has 0 saturated carbocycles. The van der Waals surface area contributed by atoms with E-state index in [1.54, 1.807) is 18.2 Å². The molecule has 0 amide bonds. The van der Waals surface area contributed by atoms with Crippen molar-refractivity contribution in [3.05, 3.63) is 42.5 Å². The molecule has 2 saturated heterocycles. The van der Waals surface area contributed by atoms with Crippen LogP contribution in [0.4, 0.5) is 0 Å². The predicted octanol–water partition coefficient (Wildman–Crippen LogP) is 2.27. The van der Waals surface area contributed by atoms with Crippen LogP contribution >= 0.6 is 0 Å². The third kappa shape index (κ3) is 4.61. The number of ether oxygens (including phenoxy) is 3. The lowest BCUT2D eigenvalue weighted by atomic mass is 10.0. The molecule has 0 bridgehead atoms. The maximum absolute atomic E-state index is 9.60. The van der Waals surface area contributed by atoms with Crippen LogP contribution < -0.4 is 0 Å². The first-order valence-electron chi connectivity index (χ1n) is 7.75. The van der Waals surface area contributed by atoms with E-state index in [9.17, 15) is 15.3 Å². The first kappa shape index (κ1) is 16.6. The molecular formula is C18H20O6. The summed E-state index contributed by atoms with van der Waals surface area (Å²) in [5.74, 6) is -0.0951. The summed E-state index contributed by atoms with van der Waals surface area (Å²) in [6.45, 7) is 3.26. The zero-order valence-electron chi connectivity index (χ0n) is 13.1. The number of aromatic hydroxyl groups is 3. The molecule has 2 aromatic carbocycles. The Morgan fingerprint density at radius 1 is 0.792 bits per heavy atom. The van der Waals surface area contributed by atoms with Crippen LogP contribution in [-0.4, -0.2) is 54.0 Å². The highest BCUT2D eigenvalue weighted by Crippen LogP contribution is 2.40. The van der Waals surface area contributed by atoms with Crippen molar-refractivity contribution in [2.75, 3.05) is 26.4 Å². The van der Waals surface area contributed by atoms with Gasteiger partial charge in [-0.1, -0.05) is 24.3 Å². The molecule has 0 radical (unpaired) electrons. The summed E-state index contributed by atoms with van der Waals surface area (Å²) >= 11 is 0. The van der Waals surface area contributed by atoms with E-state index in [-0.39, 0.29) is 22.8 Å². The lowest BCUT2D eigenvalue weighted by Crippen LogP contribution is -2.06. The normalized spacial score (nSPS) is 20.8. The molecular weight excluding hydrogens is 312 g/mol. The summed E-state index contributed by atoms with van der Waals surface area (Å²) in [6.07, 6.45) is 0.785. The average molecular weight is 332 g/mol. The zero-order chi connectivity index (χ0) is 16.9. The molecule has 2 atom stereocenters. The van der Waals surface area contributed by atoms with Crippen molar-refractivity contribution >= 4 is 0 Å². The second-order valence-electron chi connectivity index (χ2n) is 5.64. The van der Waals surface area contributed by atoms with Crippen LogP contribution in [0.2, 0.25) is 0 Å². The topological polar surface area (TPSA) is 95.0 Å². The number of rotatable bonds is 5. The number of phenolic OH excluding ortho intramolecular Hbond substituents is 3. The van der Waals surface area contributed by atoms with E-state index in [2.05, 4.69) is 0 Å². The number of hydrogen-bond donors (Lipinski definition) is 3. The summed E-state index contributed by atoms with van der Waals surface area (Å²) in [4.78, 5) is 0. The first-order chi connectivity index (χ1) is 11.6. The Hall–Kier alpha value is -2.28. The molecule has 2 aromatic rings. The second-order valence-corrected chi connectivity index (χ2v) is 5.64. The minimum Gasteiger partial charge on any atom is -0.507 e. The van der Waals surface area contributed by atoms with Crippen LogP contribution in [0.1, 0.15) is 0 Å². The van der Waals surface area contributed by atoms with Gasteiger partial charge < -0.3 is 29.5 Å². The molecule has 0 aromatic heterocycles. The number of hydrogen-bond acceptors (Lipinski definition) is 6. The number of phenols is 3. The van der Waals surface area contributed by atoms with E-state index in [4.69, 9.17) is 14.2 Å². The van der Waals surface area contributed by atoms with E-state index in [1.165, 1.54) is 24.3 Å². The van der Waals surface area contributed by atoms with Crippen LogP contribution in [-0.2, 0) is 14.2 Å². The third-order valence-corrected chi connectivity index (χ3v) is 3.61. The Bertz CT molecular complexity index is 647. The van der Waals surface area contributed by atoms with Crippen molar-refractivity contribution in [3.8, 4) is 28.4 Å². The Kier molecular flexibility index (Phi) is 5.20. The van der Waals surface area contributed by atoms with Crippen molar-refractivity contribution in [2.45, 2.75) is 12.2 Å². The first-order valence-corrected chi connectivity index (χ1v) is 7.75. The van der Waals surface area contributed by atoms with Gasteiger partial charge in [-0.3, -0.25) is 0 Å². The number of benzene rings is 2. The zero-order valence-corrected chi connectivity index (χ0v) is 13.1. The lowest BCUT2D eigenvalue weighted by molar-refractivity contribution is 0.102. The fourth-order valence-corrected chi connectivity index (χ4v) is 2.15. The van der Waals surface area contributed by atoms with Gasteiger partial charge in [-0.25, -0.2) is 0 Å². The number of epoxide rings is 2. The minimum atomic E-state index is -0.0588. The van der Waals surface area contributed by atoms with Crippen molar-refractivity contribution in [3.63, 3.8) is 0 Å². The third-order valence-electron chi connectivity index (χ3n) is 3.61. The maximum atomic E-state index is 9.60. The monoisotopic (exact) mass is 332 g/mol. The largest absolute Gasteiger partial charge is 0.507 e. The Morgan fingerprint density at radius 3 is 1.79 bits per heavy atom. The van der Waals surface area contributed by atoms with Gasteiger partial charge in [0.1, 0.15) is 29.5 Å². The summed E-state index contributed by atoms with van der Waals surface area (Å²) in [5, 5.41) is 28.8. The molecule has 2 unspecified atom stereocenters. The molecule has 24 heavy (non-hydrogen) atoms. The molecule has 3 N–H and O–H groups in total. The van der Waals surface area contributed by atoms with Crippen LogP contribution in [0.15, 0.2) is 42.5 Å². The highest BCUT2D eigenvalue weighted by Gasteiger charge is 2.26. The highest BCUT2D eigenvalue weighted by molar-refractivity contribution is 5.80. The Balaban J connectivity index is 0.000000159. The molecule has 2 aliphatic heterocycles. The van der Waals surface area contributed by atoms with Crippen LogP contribution in [0.5, 0.6) is 17.2 Å². The Morgan fingerprint density at radius 2 is 1.29 bits per heavy atom. The molecule has 2 fully saturated rings. The van der Waals surface area contributed by atoms with Gasteiger partial charge in [0.15, 0.2) is 0 Å². The SMILES string of the molecule is C(OCC1CO1)C1CO1.Oc1ccccc1-c1c(O)cccc1O. The van der Waals surface area contributed by atoms with Gasteiger partial charge in [-0.2, -0.15) is 0 Å².